The number of hydrogen-bond donors (Lipinski definition) is 3. The molecule has 0 heterocycles. The molecular weight excluding hydrogens is 214 g/mol. The molecule has 15 heavy (non-hydrogen) atoms. The Labute approximate surface area is 89.5 Å². The molecule has 1 unspecified atom stereocenters. The fourth-order valence-corrected chi connectivity index (χ4v) is 1.56. The molecule has 0 aliphatic carbocycles. The second kappa shape index (κ2) is 4.61. The molecule has 6 heteroatoms. The Morgan fingerprint density at radius 2 is 1.87 bits per heavy atom. The first kappa shape index (κ1) is 12.0. The molecule has 84 valence electrons. The first-order chi connectivity index (χ1) is 6.89. The highest BCUT2D eigenvalue weighted by atomic mass is 32.2. The number of nitrogens with two attached hydrogens (primary N) is 2. The van der Waals surface area contributed by atoms with Crippen molar-refractivity contribution in [2.24, 2.45) is 10.9 Å². The summed E-state index contributed by atoms with van der Waals surface area (Å²) in [5.74, 6) is 0. The summed E-state index contributed by atoms with van der Waals surface area (Å²) < 4.78 is 21.9. The number of sulfonamides is 1. The van der Waals surface area contributed by atoms with Gasteiger partial charge in [0.05, 0.1) is 4.90 Å². The van der Waals surface area contributed by atoms with Crippen molar-refractivity contribution in [2.45, 2.75) is 17.9 Å². The molecule has 1 aromatic carbocycles. The minimum atomic E-state index is -3.60. The van der Waals surface area contributed by atoms with Gasteiger partial charge in [-0.2, -0.15) is 0 Å². The third-order valence-corrected chi connectivity index (χ3v) is 2.74. The van der Waals surface area contributed by atoms with Crippen LogP contribution in [-0.2, 0) is 10.0 Å². The van der Waals surface area contributed by atoms with Gasteiger partial charge in [0.25, 0.3) is 0 Å². The highest BCUT2D eigenvalue weighted by Gasteiger charge is 2.06. The van der Waals surface area contributed by atoms with Crippen LogP contribution in [0.3, 0.4) is 0 Å². The van der Waals surface area contributed by atoms with E-state index in [1.54, 1.807) is 12.1 Å². The quantitative estimate of drug-likeness (QED) is 0.681. The van der Waals surface area contributed by atoms with Gasteiger partial charge in [0.1, 0.15) is 0 Å². The fourth-order valence-electron chi connectivity index (χ4n) is 1.04. The Morgan fingerprint density at radius 1 is 1.33 bits per heavy atom. The third-order valence-electron chi connectivity index (χ3n) is 1.81. The van der Waals surface area contributed by atoms with Gasteiger partial charge in [-0.1, -0.05) is 0 Å². The minimum Gasteiger partial charge on any atom is -0.383 e. The van der Waals surface area contributed by atoms with Gasteiger partial charge in [-0.25, -0.2) is 13.6 Å². The van der Waals surface area contributed by atoms with E-state index in [1.165, 1.54) is 12.1 Å². The summed E-state index contributed by atoms with van der Waals surface area (Å²) in [5, 5.41) is 8.02. The molecule has 0 fully saturated rings. The average molecular weight is 229 g/mol. The summed E-state index contributed by atoms with van der Waals surface area (Å²) in [6.45, 7) is 2.51. The van der Waals surface area contributed by atoms with E-state index in [9.17, 15) is 8.42 Å². The summed E-state index contributed by atoms with van der Waals surface area (Å²) in [6.07, 6.45) is 0. The van der Waals surface area contributed by atoms with Crippen molar-refractivity contribution in [1.29, 1.82) is 0 Å². The lowest BCUT2D eigenvalue weighted by Crippen LogP contribution is -2.25. The van der Waals surface area contributed by atoms with Crippen LogP contribution in [0.15, 0.2) is 29.2 Å². The van der Waals surface area contributed by atoms with Crippen LogP contribution in [-0.4, -0.2) is 21.0 Å². The van der Waals surface area contributed by atoms with Crippen molar-refractivity contribution in [3.63, 3.8) is 0 Å². The van der Waals surface area contributed by atoms with Crippen LogP contribution in [0.5, 0.6) is 0 Å². The van der Waals surface area contributed by atoms with Gasteiger partial charge >= 0.3 is 0 Å². The number of hydrogen-bond acceptors (Lipinski definition) is 4. The minimum absolute atomic E-state index is 0.0444. The standard InChI is InChI=1S/C9H15N3O2S/c1-7(10)6-12-8-2-4-9(5-3-8)15(11,13)14/h2-5,7,12H,6,10H2,1H3,(H2,11,13,14). The molecule has 0 saturated heterocycles. The summed E-state index contributed by atoms with van der Waals surface area (Å²) in [7, 11) is -3.60. The number of anilines is 1. The number of nitrogens with one attached hydrogen (secondary N) is 1. The van der Waals surface area contributed by atoms with Crippen molar-refractivity contribution in [3.8, 4) is 0 Å². The second-order valence-electron chi connectivity index (χ2n) is 3.43. The zero-order chi connectivity index (χ0) is 11.5. The Morgan fingerprint density at radius 3 is 2.27 bits per heavy atom. The number of primary sulfonamides is 1. The lowest BCUT2D eigenvalue weighted by molar-refractivity contribution is 0.598. The topological polar surface area (TPSA) is 98.2 Å². The van der Waals surface area contributed by atoms with E-state index in [2.05, 4.69) is 5.32 Å². The number of rotatable bonds is 4. The van der Waals surface area contributed by atoms with Crippen LogP contribution in [0.2, 0.25) is 0 Å². The van der Waals surface area contributed by atoms with Crippen LogP contribution < -0.4 is 16.2 Å². The highest BCUT2D eigenvalue weighted by molar-refractivity contribution is 7.89. The second-order valence-corrected chi connectivity index (χ2v) is 4.99. The normalized spacial score (nSPS) is 13.5. The van der Waals surface area contributed by atoms with E-state index in [0.29, 0.717) is 6.54 Å². The van der Waals surface area contributed by atoms with Gasteiger partial charge < -0.3 is 11.1 Å². The van der Waals surface area contributed by atoms with E-state index >= 15 is 0 Å². The maximum Gasteiger partial charge on any atom is 0.238 e. The molecule has 0 saturated carbocycles. The van der Waals surface area contributed by atoms with E-state index in [1.807, 2.05) is 6.92 Å². The highest BCUT2D eigenvalue weighted by Crippen LogP contribution is 2.12. The number of benzene rings is 1. The van der Waals surface area contributed by atoms with Crippen molar-refractivity contribution in [3.05, 3.63) is 24.3 Å². The molecule has 0 aliphatic heterocycles. The molecule has 5 N–H and O–H groups in total. The molecule has 1 aromatic rings. The molecule has 0 bridgehead atoms. The maximum atomic E-state index is 10.9. The molecule has 1 atom stereocenters. The SMILES string of the molecule is CC(N)CNc1ccc(S(N)(=O)=O)cc1. The van der Waals surface area contributed by atoms with Gasteiger partial charge in [-0.05, 0) is 31.2 Å². The van der Waals surface area contributed by atoms with Crippen LogP contribution in [0.25, 0.3) is 0 Å². The van der Waals surface area contributed by atoms with Gasteiger partial charge in [0.2, 0.25) is 10.0 Å². The van der Waals surface area contributed by atoms with E-state index in [-0.39, 0.29) is 10.9 Å². The first-order valence-electron chi connectivity index (χ1n) is 4.52. The molecule has 1 rings (SSSR count). The lowest BCUT2D eigenvalue weighted by Gasteiger charge is -2.09. The van der Waals surface area contributed by atoms with Crippen molar-refractivity contribution >= 4 is 15.7 Å². The van der Waals surface area contributed by atoms with Gasteiger partial charge in [0.15, 0.2) is 0 Å². The lowest BCUT2D eigenvalue weighted by atomic mass is 10.3. The molecule has 0 aliphatic rings. The van der Waals surface area contributed by atoms with Gasteiger partial charge in [-0.3, -0.25) is 0 Å². The van der Waals surface area contributed by atoms with Gasteiger partial charge in [0, 0.05) is 18.3 Å². The third kappa shape index (κ3) is 3.86. The molecule has 0 radical (unpaired) electrons. The first-order valence-corrected chi connectivity index (χ1v) is 6.06. The Hall–Kier alpha value is -1.11. The predicted octanol–water partition coefficient (Wildman–Crippen LogP) is 0.0931. The average Bonchev–Trinajstić information content (AvgIpc) is 2.14. The van der Waals surface area contributed by atoms with E-state index < -0.39 is 10.0 Å². The summed E-state index contributed by atoms with van der Waals surface area (Å²) in [6, 6.07) is 6.27. The fraction of sp³-hybridized carbons (Fsp3) is 0.333. The predicted molar refractivity (Wildman–Crippen MR) is 60.0 cm³/mol. The Bertz CT molecular complexity index is 411. The smallest absolute Gasteiger partial charge is 0.238 e. The molecule has 0 spiro atoms. The maximum absolute atomic E-state index is 10.9. The molecule has 0 aromatic heterocycles. The van der Waals surface area contributed by atoms with E-state index in [4.69, 9.17) is 10.9 Å². The monoisotopic (exact) mass is 229 g/mol. The largest absolute Gasteiger partial charge is 0.383 e. The van der Waals surface area contributed by atoms with Gasteiger partial charge in [-0.15, -0.1) is 0 Å². The summed E-state index contributed by atoms with van der Waals surface area (Å²) >= 11 is 0. The van der Waals surface area contributed by atoms with Crippen molar-refractivity contribution < 1.29 is 8.42 Å². The summed E-state index contributed by atoms with van der Waals surface area (Å²) in [4.78, 5) is 0.105. The molecular formula is C9H15N3O2S. The zero-order valence-corrected chi connectivity index (χ0v) is 9.29. The molecule has 5 nitrogen and oxygen atoms in total. The Balaban J connectivity index is 2.73. The van der Waals surface area contributed by atoms with Crippen LogP contribution in [0.1, 0.15) is 6.92 Å². The van der Waals surface area contributed by atoms with Crippen LogP contribution in [0, 0.1) is 0 Å². The van der Waals surface area contributed by atoms with Crippen molar-refractivity contribution in [2.75, 3.05) is 11.9 Å². The van der Waals surface area contributed by atoms with E-state index in [0.717, 1.165) is 5.69 Å². The Kier molecular flexibility index (Phi) is 3.67. The van der Waals surface area contributed by atoms with Crippen LogP contribution >= 0.6 is 0 Å². The zero-order valence-electron chi connectivity index (χ0n) is 8.47. The summed E-state index contributed by atoms with van der Waals surface area (Å²) in [5.41, 5.74) is 6.38. The van der Waals surface area contributed by atoms with Crippen LogP contribution in [0.4, 0.5) is 5.69 Å². The van der Waals surface area contributed by atoms with Crippen molar-refractivity contribution in [1.82, 2.24) is 0 Å². The molecule has 0 amide bonds.